The number of nitrogens with one attached hydrogen (secondary N) is 1. The maximum Gasteiger partial charge on any atom is 0.325 e. The van der Waals surface area contributed by atoms with E-state index < -0.39 is 68.4 Å². The van der Waals surface area contributed by atoms with Crippen molar-refractivity contribution in [2.75, 3.05) is 24.7 Å². The zero-order valence-corrected chi connectivity index (χ0v) is 23.2. The summed E-state index contributed by atoms with van der Waals surface area (Å²) in [4.78, 5) is 41.5. The van der Waals surface area contributed by atoms with Gasteiger partial charge in [-0.1, -0.05) is 0 Å². The molecule has 4 aromatic heterocycles. The van der Waals surface area contributed by atoms with Gasteiger partial charge in [-0.3, -0.25) is 18.9 Å². The Morgan fingerprint density at radius 2 is 2.05 bits per heavy atom. The van der Waals surface area contributed by atoms with Gasteiger partial charge in [-0.05, 0) is 18.2 Å². The van der Waals surface area contributed by atoms with Crippen LogP contribution in [0.15, 0.2) is 23.6 Å². The molecule has 4 aromatic rings. The van der Waals surface area contributed by atoms with E-state index in [0.717, 1.165) is 0 Å². The predicted octanol–water partition coefficient (Wildman–Crippen LogP) is -1.15. The fourth-order valence-corrected chi connectivity index (χ4v) is 6.43. The van der Waals surface area contributed by atoms with Crippen molar-refractivity contribution < 1.29 is 38.0 Å². The molecule has 2 unspecified atom stereocenters. The lowest BCUT2D eigenvalue weighted by Crippen LogP contribution is -2.32. The standard InChI is InChI=1S/C21H26FN10O8PS/c22-13-10(1-2-33)39-19(31-7-27-14-17(31)29-20(23)30-18(14)35)15(13)40-41(36,42)37-5-12-9(34)3-11(38-12)8-4-28-32-16(8)25-6-26-21(32)24/h4,6-7,9-13,15,19,33-34H,1-3,5H2,(H,36,42)(H2,24,25,26)(H3,23,29,30,35)/t9-,10+,11+,12+,13+,15+,19?,41?/m0/s1. The van der Waals surface area contributed by atoms with Crippen LogP contribution in [0.5, 0.6) is 0 Å². The number of rotatable bonds is 9. The van der Waals surface area contributed by atoms with Gasteiger partial charge in [0.2, 0.25) is 11.9 Å². The van der Waals surface area contributed by atoms with Crippen LogP contribution in [0.2, 0.25) is 0 Å². The van der Waals surface area contributed by atoms with Crippen LogP contribution in [0.25, 0.3) is 16.8 Å². The highest BCUT2D eigenvalue weighted by Crippen LogP contribution is 2.51. The molecule has 0 saturated carbocycles. The monoisotopic (exact) mass is 628 g/mol. The van der Waals surface area contributed by atoms with Gasteiger partial charge in [0.25, 0.3) is 5.56 Å². The van der Waals surface area contributed by atoms with Crippen LogP contribution in [0.1, 0.15) is 30.7 Å². The molecule has 6 heterocycles. The number of aliphatic hydroxyl groups is 2. The number of aliphatic hydroxyl groups excluding tert-OH is 2. The number of alkyl halides is 1. The number of fused-ring (bicyclic) bond motifs is 2. The second kappa shape index (κ2) is 11.1. The topological polar surface area (TPSA) is 256 Å². The van der Waals surface area contributed by atoms with Gasteiger partial charge in [0.1, 0.15) is 18.5 Å². The van der Waals surface area contributed by atoms with Crippen molar-refractivity contribution in [2.24, 2.45) is 0 Å². The highest BCUT2D eigenvalue weighted by molar-refractivity contribution is 8.07. The van der Waals surface area contributed by atoms with E-state index in [-0.39, 0.29) is 35.9 Å². The van der Waals surface area contributed by atoms with Gasteiger partial charge in [0.15, 0.2) is 29.2 Å². The lowest BCUT2D eigenvalue weighted by molar-refractivity contribution is -0.0436. The van der Waals surface area contributed by atoms with E-state index in [1.807, 2.05) is 0 Å². The molecule has 2 saturated heterocycles. The third kappa shape index (κ3) is 5.25. The van der Waals surface area contributed by atoms with Crippen LogP contribution in [0.4, 0.5) is 16.3 Å². The van der Waals surface area contributed by atoms with Crippen LogP contribution < -0.4 is 17.0 Å². The number of ether oxygens (including phenoxy) is 2. The van der Waals surface area contributed by atoms with E-state index in [1.54, 1.807) is 0 Å². The summed E-state index contributed by atoms with van der Waals surface area (Å²) in [6.07, 6.45) is -4.44. The fourth-order valence-electron chi connectivity index (χ4n) is 5.03. The summed E-state index contributed by atoms with van der Waals surface area (Å²) in [5.74, 6) is -0.0865. The van der Waals surface area contributed by atoms with E-state index in [0.29, 0.717) is 11.2 Å². The first-order chi connectivity index (χ1) is 20.1. The lowest BCUT2D eigenvalue weighted by Gasteiger charge is -2.26. The van der Waals surface area contributed by atoms with E-state index >= 15 is 4.39 Å². The number of nitrogens with two attached hydrogens (primary N) is 2. The fraction of sp³-hybridized carbons (Fsp3) is 0.524. The summed E-state index contributed by atoms with van der Waals surface area (Å²) in [7, 11) is 0. The molecule has 8 N–H and O–H groups in total. The number of hydrogen-bond donors (Lipinski definition) is 6. The number of aromatic amines is 1. The summed E-state index contributed by atoms with van der Waals surface area (Å²) < 4.78 is 40.9. The molecule has 2 fully saturated rings. The largest absolute Gasteiger partial charge is 0.396 e. The predicted molar refractivity (Wildman–Crippen MR) is 144 cm³/mol. The molecular weight excluding hydrogens is 602 g/mol. The van der Waals surface area contributed by atoms with Crippen LogP contribution in [0.3, 0.4) is 0 Å². The van der Waals surface area contributed by atoms with Crippen molar-refractivity contribution in [1.29, 1.82) is 0 Å². The minimum atomic E-state index is -4.19. The minimum absolute atomic E-state index is 0.0212. The van der Waals surface area contributed by atoms with Gasteiger partial charge in [-0.25, -0.2) is 19.3 Å². The Balaban J connectivity index is 1.18. The third-order valence-corrected chi connectivity index (χ3v) is 8.55. The Labute approximate surface area is 239 Å². The highest BCUT2D eigenvalue weighted by atomic mass is 32.5. The van der Waals surface area contributed by atoms with Gasteiger partial charge in [-0.2, -0.15) is 14.6 Å². The number of nitrogens with zero attached hydrogens (tertiary/aromatic N) is 7. The van der Waals surface area contributed by atoms with Gasteiger partial charge >= 0.3 is 6.72 Å². The molecule has 0 bridgehead atoms. The van der Waals surface area contributed by atoms with Crippen LogP contribution in [-0.4, -0.2) is 98.0 Å². The molecule has 8 atom stereocenters. The van der Waals surface area contributed by atoms with Gasteiger partial charge in [0.05, 0.1) is 37.4 Å². The lowest BCUT2D eigenvalue weighted by atomic mass is 10.1. The molecule has 0 aliphatic carbocycles. The molecule has 0 radical (unpaired) electrons. The van der Waals surface area contributed by atoms with Crippen molar-refractivity contribution >= 4 is 47.2 Å². The Hall–Kier alpha value is -3.20. The van der Waals surface area contributed by atoms with Crippen molar-refractivity contribution in [1.82, 2.24) is 39.1 Å². The third-order valence-electron chi connectivity index (χ3n) is 6.99. The van der Waals surface area contributed by atoms with Crippen molar-refractivity contribution in [3.05, 3.63) is 34.8 Å². The van der Waals surface area contributed by atoms with E-state index in [2.05, 4.69) is 30.0 Å². The number of hydrogen-bond acceptors (Lipinski definition) is 15. The zero-order valence-electron chi connectivity index (χ0n) is 21.5. The first-order valence-corrected chi connectivity index (χ1v) is 15.2. The molecule has 18 nitrogen and oxygen atoms in total. The molecule has 226 valence electrons. The number of halogens is 1. The average Bonchev–Trinajstić information content (AvgIpc) is 3.70. The van der Waals surface area contributed by atoms with Crippen LogP contribution >= 0.6 is 6.72 Å². The summed E-state index contributed by atoms with van der Waals surface area (Å²) in [5, 5.41) is 24.2. The summed E-state index contributed by atoms with van der Waals surface area (Å²) >= 11 is 5.17. The normalized spacial score (nSPS) is 29.5. The second-order valence-corrected chi connectivity index (χ2v) is 12.5. The van der Waals surface area contributed by atoms with E-state index in [4.69, 9.17) is 41.8 Å². The zero-order chi connectivity index (χ0) is 29.8. The van der Waals surface area contributed by atoms with Crippen molar-refractivity contribution in [2.45, 2.75) is 55.8 Å². The van der Waals surface area contributed by atoms with Crippen molar-refractivity contribution in [3.8, 4) is 0 Å². The number of anilines is 2. The SMILES string of the molecule is Nc1nc2c(ncn2C2O[C@H](CCO)[C@@H](F)[C@H]2OP(O)(=S)OC[C@H]2O[C@@H](c3cnn4c(N)ncnc34)C[C@@H]2O)c(=O)[nH]1. The Morgan fingerprint density at radius 3 is 2.83 bits per heavy atom. The quantitative estimate of drug-likeness (QED) is 0.120. The minimum Gasteiger partial charge on any atom is -0.396 e. The second-order valence-electron chi connectivity index (χ2n) is 9.66. The Kier molecular flexibility index (Phi) is 7.66. The molecular formula is C21H26FN10O8PS. The maximum absolute atomic E-state index is 15.5. The molecule has 21 heteroatoms. The summed E-state index contributed by atoms with van der Waals surface area (Å²) in [5.41, 5.74) is 11.7. The van der Waals surface area contributed by atoms with Gasteiger partial charge < -0.3 is 40.6 Å². The van der Waals surface area contributed by atoms with Crippen LogP contribution in [0, 0.1) is 0 Å². The smallest absolute Gasteiger partial charge is 0.325 e. The number of H-pyrrole nitrogens is 1. The first kappa shape index (κ1) is 28.9. The van der Waals surface area contributed by atoms with Gasteiger partial charge in [0, 0.05) is 18.6 Å². The Morgan fingerprint density at radius 1 is 1.24 bits per heavy atom. The van der Waals surface area contributed by atoms with Crippen LogP contribution in [-0.2, 0) is 30.3 Å². The number of aromatic nitrogens is 8. The summed E-state index contributed by atoms with van der Waals surface area (Å²) in [6.45, 7) is -4.97. The molecule has 0 spiro atoms. The molecule has 2 aliphatic rings. The molecule has 42 heavy (non-hydrogen) atoms. The van der Waals surface area contributed by atoms with Gasteiger partial charge in [-0.15, -0.1) is 0 Å². The van der Waals surface area contributed by atoms with Crippen molar-refractivity contribution in [3.63, 3.8) is 0 Å². The summed E-state index contributed by atoms with van der Waals surface area (Å²) in [6, 6.07) is 0. The molecule has 0 amide bonds. The first-order valence-electron chi connectivity index (χ1n) is 12.6. The Bertz CT molecular complexity index is 1720. The number of nitrogen functional groups attached to an aromatic ring is 2. The maximum atomic E-state index is 15.5. The molecule has 6 rings (SSSR count). The number of imidazole rings is 1. The molecule has 2 aliphatic heterocycles. The molecule has 0 aromatic carbocycles. The average molecular weight is 629 g/mol. The van der Waals surface area contributed by atoms with E-state index in [1.165, 1.54) is 27.9 Å². The highest BCUT2D eigenvalue weighted by Gasteiger charge is 2.50. The van der Waals surface area contributed by atoms with E-state index in [9.17, 15) is 19.9 Å².